The summed E-state index contributed by atoms with van der Waals surface area (Å²) in [6.45, 7) is 4.69. The summed E-state index contributed by atoms with van der Waals surface area (Å²) in [6.07, 6.45) is 2.99. The zero-order chi connectivity index (χ0) is 15.1. The van der Waals surface area contributed by atoms with Gasteiger partial charge in [0.2, 0.25) is 0 Å². The van der Waals surface area contributed by atoms with E-state index in [9.17, 15) is 0 Å². The van der Waals surface area contributed by atoms with Crippen LogP contribution in [0.4, 0.5) is 5.69 Å². The van der Waals surface area contributed by atoms with E-state index in [1.807, 2.05) is 6.07 Å². The molecule has 0 amide bonds. The summed E-state index contributed by atoms with van der Waals surface area (Å²) in [5, 5.41) is 4.60. The first-order valence-corrected chi connectivity index (χ1v) is 7.49. The molecule has 3 aromatic rings. The van der Waals surface area contributed by atoms with Crippen molar-refractivity contribution in [3.63, 3.8) is 0 Å². The average Bonchev–Trinajstić information content (AvgIpc) is 2.73. The molecule has 1 aliphatic rings. The Balaban J connectivity index is 1.96. The summed E-state index contributed by atoms with van der Waals surface area (Å²) in [6, 6.07) is 14.7. The van der Waals surface area contributed by atoms with E-state index in [1.165, 1.54) is 16.5 Å². The molecule has 3 heteroatoms. The van der Waals surface area contributed by atoms with Gasteiger partial charge >= 0.3 is 0 Å². The first-order chi connectivity index (χ1) is 10.7. The van der Waals surface area contributed by atoms with Crippen LogP contribution in [-0.2, 0) is 7.05 Å². The van der Waals surface area contributed by atoms with Gasteiger partial charge < -0.3 is 14.6 Å². The summed E-state index contributed by atoms with van der Waals surface area (Å²) < 4.78 is 8.19. The molecule has 1 aliphatic heterocycles. The fourth-order valence-corrected chi connectivity index (χ4v) is 3.09. The molecule has 0 saturated heterocycles. The van der Waals surface area contributed by atoms with Gasteiger partial charge in [0.1, 0.15) is 0 Å². The number of ether oxygens (including phenoxy) is 1. The quantitative estimate of drug-likeness (QED) is 0.711. The number of anilines is 1. The number of hydrogen-bond donors (Lipinski definition) is 1. The van der Waals surface area contributed by atoms with E-state index in [0.29, 0.717) is 6.61 Å². The molecule has 0 unspecified atom stereocenters. The molecule has 2 aromatic carbocycles. The second-order valence-corrected chi connectivity index (χ2v) is 5.68. The van der Waals surface area contributed by atoms with Crippen LogP contribution in [-0.4, -0.2) is 11.2 Å². The summed E-state index contributed by atoms with van der Waals surface area (Å²) in [4.78, 5) is 0. The maximum atomic E-state index is 6.03. The molecule has 0 saturated carbocycles. The second-order valence-electron chi connectivity index (χ2n) is 5.68. The molecule has 1 N–H and O–H groups in total. The van der Waals surface area contributed by atoms with Gasteiger partial charge in [-0.2, -0.15) is 0 Å². The van der Waals surface area contributed by atoms with Crippen LogP contribution in [0.25, 0.3) is 22.0 Å². The smallest absolute Gasteiger partial charge is 0.150 e. The van der Waals surface area contributed by atoms with Crippen molar-refractivity contribution < 1.29 is 4.74 Å². The molecule has 0 radical (unpaired) electrons. The molecule has 0 fully saturated rings. The van der Waals surface area contributed by atoms with Crippen molar-refractivity contribution in [1.82, 2.24) is 4.57 Å². The molecule has 0 bridgehead atoms. The van der Waals surface area contributed by atoms with Crippen LogP contribution >= 0.6 is 0 Å². The summed E-state index contributed by atoms with van der Waals surface area (Å²) in [7, 11) is 2.08. The molecule has 0 aliphatic carbocycles. The highest BCUT2D eigenvalue weighted by Gasteiger charge is 2.18. The van der Waals surface area contributed by atoms with Crippen LogP contribution < -0.4 is 10.1 Å². The molecule has 2 heterocycles. The highest BCUT2D eigenvalue weighted by atomic mass is 16.5. The number of nitrogens with zero attached hydrogens (tertiary/aromatic N) is 1. The van der Waals surface area contributed by atoms with E-state index in [4.69, 9.17) is 4.74 Å². The molecule has 1 aromatic heterocycles. The van der Waals surface area contributed by atoms with Gasteiger partial charge in [-0.3, -0.25) is 0 Å². The van der Waals surface area contributed by atoms with Crippen LogP contribution in [0.1, 0.15) is 6.42 Å². The van der Waals surface area contributed by atoms with Crippen LogP contribution in [0.3, 0.4) is 0 Å². The fourth-order valence-electron chi connectivity index (χ4n) is 3.09. The van der Waals surface area contributed by atoms with Gasteiger partial charge in [0, 0.05) is 47.4 Å². The van der Waals surface area contributed by atoms with Crippen molar-refractivity contribution >= 4 is 16.6 Å². The van der Waals surface area contributed by atoms with Crippen molar-refractivity contribution in [3.05, 3.63) is 60.9 Å². The Morgan fingerprint density at radius 1 is 1.09 bits per heavy atom. The lowest BCUT2D eigenvalue weighted by Gasteiger charge is -2.12. The Bertz CT molecular complexity index is 876. The van der Waals surface area contributed by atoms with Gasteiger partial charge in [0.15, 0.2) is 5.75 Å². The lowest BCUT2D eigenvalue weighted by Crippen LogP contribution is -1.96. The Morgan fingerprint density at radius 3 is 2.86 bits per heavy atom. The van der Waals surface area contributed by atoms with Crippen molar-refractivity contribution in [3.8, 4) is 16.9 Å². The predicted octanol–water partition coefficient (Wildman–Crippen LogP) is 4.55. The predicted molar refractivity (Wildman–Crippen MR) is 91.2 cm³/mol. The topological polar surface area (TPSA) is 26.2 Å². The minimum absolute atomic E-state index is 0.653. The van der Waals surface area contributed by atoms with E-state index >= 15 is 0 Å². The summed E-state index contributed by atoms with van der Waals surface area (Å²) in [5.74, 6) is 0.914. The summed E-state index contributed by atoms with van der Waals surface area (Å²) in [5.41, 5.74) is 5.53. The molecule has 110 valence electrons. The third kappa shape index (κ3) is 1.98. The van der Waals surface area contributed by atoms with E-state index in [1.54, 1.807) is 0 Å². The molecule has 0 atom stereocenters. The van der Waals surface area contributed by atoms with Crippen LogP contribution in [0.5, 0.6) is 5.75 Å². The summed E-state index contributed by atoms with van der Waals surface area (Å²) >= 11 is 0. The highest BCUT2D eigenvalue weighted by molar-refractivity contribution is 5.98. The van der Waals surface area contributed by atoms with E-state index in [0.717, 1.165) is 29.1 Å². The van der Waals surface area contributed by atoms with E-state index in [-0.39, 0.29) is 0 Å². The third-order valence-corrected chi connectivity index (χ3v) is 4.16. The fraction of sp³-hybridized carbons (Fsp3) is 0.158. The Hall–Kier alpha value is -2.68. The average molecular weight is 290 g/mol. The number of aryl methyl sites for hydroxylation is 1. The van der Waals surface area contributed by atoms with Gasteiger partial charge in [0.05, 0.1) is 12.3 Å². The largest absolute Gasteiger partial charge is 0.490 e. The Kier molecular flexibility index (Phi) is 2.93. The maximum Gasteiger partial charge on any atom is 0.150 e. The highest BCUT2D eigenvalue weighted by Crippen LogP contribution is 2.41. The van der Waals surface area contributed by atoms with Gasteiger partial charge in [-0.1, -0.05) is 36.9 Å². The standard InChI is InChI=1S/C19H18N2O/c1-13-10-11-22-19-15(7-5-8-17(19)20-13)16-12-21(2)18-9-4-3-6-14(16)18/h3-9,12,20H,1,10-11H2,2H3. The molecule has 4 rings (SSSR count). The van der Waals surface area contributed by atoms with Crippen LogP contribution in [0.2, 0.25) is 0 Å². The number of fused-ring (bicyclic) bond motifs is 2. The SMILES string of the molecule is C=C1CCOc2c(cccc2-c2cn(C)c3ccccc23)N1. The van der Waals surface area contributed by atoms with Crippen LogP contribution in [0.15, 0.2) is 60.9 Å². The van der Waals surface area contributed by atoms with Crippen LogP contribution in [0, 0.1) is 0 Å². The minimum Gasteiger partial charge on any atom is -0.490 e. The molecular formula is C19H18N2O. The lowest BCUT2D eigenvalue weighted by atomic mass is 10.0. The number of hydrogen-bond acceptors (Lipinski definition) is 2. The molecular weight excluding hydrogens is 272 g/mol. The molecule has 3 nitrogen and oxygen atoms in total. The maximum absolute atomic E-state index is 6.03. The third-order valence-electron chi connectivity index (χ3n) is 4.16. The van der Waals surface area contributed by atoms with Gasteiger partial charge in [-0.15, -0.1) is 0 Å². The monoisotopic (exact) mass is 290 g/mol. The van der Waals surface area contributed by atoms with Gasteiger partial charge in [-0.05, 0) is 12.1 Å². The van der Waals surface area contributed by atoms with E-state index in [2.05, 4.69) is 66.1 Å². The number of benzene rings is 2. The number of nitrogens with one attached hydrogen (secondary N) is 1. The van der Waals surface area contributed by atoms with Crippen molar-refractivity contribution in [2.24, 2.45) is 7.05 Å². The minimum atomic E-state index is 0.653. The van der Waals surface area contributed by atoms with Crippen molar-refractivity contribution in [2.75, 3.05) is 11.9 Å². The first kappa shape index (κ1) is 13.0. The van der Waals surface area contributed by atoms with Gasteiger partial charge in [-0.25, -0.2) is 0 Å². The Labute approximate surface area is 129 Å². The zero-order valence-electron chi connectivity index (χ0n) is 12.6. The first-order valence-electron chi connectivity index (χ1n) is 7.49. The number of aromatic nitrogens is 1. The van der Waals surface area contributed by atoms with Gasteiger partial charge in [0.25, 0.3) is 0 Å². The normalized spacial score (nSPS) is 14.1. The van der Waals surface area contributed by atoms with Crippen molar-refractivity contribution in [1.29, 1.82) is 0 Å². The number of rotatable bonds is 1. The molecule has 22 heavy (non-hydrogen) atoms. The zero-order valence-corrected chi connectivity index (χ0v) is 12.6. The number of para-hydroxylation sites is 2. The van der Waals surface area contributed by atoms with E-state index < -0.39 is 0 Å². The lowest BCUT2D eigenvalue weighted by molar-refractivity contribution is 0.329. The second kappa shape index (κ2) is 4.95. The van der Waals surface area contributed by atoms with Crippen molar-refractivity contribution in [2.45, 2.75) is 6.42 Å². The molecule has 0 spiro atoms. The Morgan fingerprint density at radius 2 is 1.95 bits per heavy atom.